The van der Waals surface area contributed by atoms with Gasteiger partial charge in [0.25, 0.3) is 0 Å². The van der Waals surface area contributed by atoms with Gasteiger partial charge in [-0.2, -0.15) is 0 Å². The molecule has 0 aliphatic carbocycles. The maximum Gasteiger partial charge on any atom is 0.0770 e. The summed E-state index contributed by atoms with van der Waals surface area (Å²) in [7, 11) is 0. The van der Waals surface area contributed by atoms with Gasteiger partial charge >= 0.3 is 0 Å². The standard InChI is InChI=1S/C9H8N/c1-3-7-10-8-4-2-6-9(10)5-1/h1-5,7-9H. The third-order valence-electron chi connectivity index (χ3n) is 1.61. The van der Waals surface area contributed by atoms with Crippen molar-refractivity contribution in [2.24, 2.45) is 0 Å². The molecule has 0 saturated carbocycles. The third kappa shape index (κ3) is 0.798. The van der Waals surface area contributed by atoms with Crippen molar-refractivity contribution in [3.8, 4) is 0 Å². The van der Waals surface area contributed by atoms with E-state index >= 15 is 0 Å². The molecule has 0 fully saturated rings. The van der Waals surface area contributed by atoms with Crippen molar-refractivity contribution in [1.29, 1.82) is 0 Å². The lowest BCUT2D eigenvalue weighted by Gasteiger charge is -2.25. The van der Waals surface area contributed by atoms with Crippen molar-refractivity contribution in [3.63, 3.8) is 0 Å². The van der Waals surface area contributed by atoms with E-state index in [2.05, 4.69) is 17.1 Å². The first kappa shape index (κ1) is 5.54. The Kier molecular flexibility index (Phi) is 1.21. The highest BCUT2D eigenvalue weighted by Gasteiger charge is 2.09. The van der Waals surface area contributed by atoms with E-state index in [9.17, 15) is 0 Å². The molecule has 0 aromatic rings. The topological polar surface area (TPSA) is 3.24 Å². The number of hydrogen-bond acceptors (Lipinski definition) is 1. The van der Waals surface area contributed by atoms with E-state index in [0.717, 1.165) is 0 Å². The molecule has 0 N–H and O–H groups in total. The second-order valence-electron chi connectivity index (χ2n) is 2.29. The van der Waals surface area contributed by atoms with Crippen LogP contribution in [0.5, 0.6) is 0 Å². The molecule has 2 aliphatic rings. The van der Waals surface area contributed by atoms with Crippen molar-refractivity contribution < 1.29 is 0 Å². The highest BCUT2D eigenvalue weighted by molar-refractivity contribution is 5.23. The summed E-state index contributed by atoms with van der Waals surface area (Å²) in [5, 5.41) is 0. The Morgan fingerprint density at radius 3 is 2.90 bits per heavy atom. The zero-order chi connectivity index (χ0) is 6.81. The lowest BCUT2D eigenvalue weighted by atomic mass is 10.1. The minimum absolute atomic E-state index is 0.329. The summed E-state index contributed by atoms with van der Waals surface area (Å²) < 4.78 is 0. The second-order valence-corrected chi connectivity index (χ2v) is 2.29. The highest BCUT2D eigenvalue weighted by atomic mass is 15.1. The molecule has 0 spiro atoms. The monoisotopic (exact) mass is 130 g/mol. The van der Waals surface area contributed by atoms with E-state index in [-0.39, 0.29) is 0 Å². The fraction of sp³-hybridized carbons (Fsp3) is 0.111. The maximum atomic E-state index is 3.20. The van der Waals surface area contributed by atoms with Gasteiger partial charge in [-0.25, -0.2) is 0 Å². The average Bonchev–Trinajstić information content (AvgIpc) is 2.05. The summed E-state index contributed by atoms with van der Waals surface area (Å²) in [5.41, 5.74) is 0. The summed E-state index contributed by atoms with van der Waals surface area (Å²) in [6.45, 7) is 0. The molecule has 0 bridgehead atoms. The zero-order valence-corrected chi connectivity index (χ0v) is 5.57. The van der Waals surface area contributed by atoms with Gasteiger partial charge in [0, 0.05) is 12.4 Å². The van der Waals surface area contributed by atoms with Crippen molar-refractivity contribution >= 4 is 0 Å². The molecule has 2 heterocycles. The first-order valence-electron chi connectivity index (χ1n) is 3.35. The molecule has 0 aromatic carbocycles. The van der Waals surface area contributed by atoms with Gasteiger partial charge in [-0.05, 0) is 18.2 Å². The van der Waals surface area contributed by atoms with Crippen LogP contribution in [0.25, 0.3) is 0 Å². The number of allylic oxidation sites excluding steroid dienone is 4. The quantitative estimate of drug-likeness (QED) is 0.481. The Hall–Kier alpha value is -1.24. The molecule has 2 aliphatic heterocycles. The van der Waals surface area contributed by atoms with E-state index in [0.29, 0.717) is 6.04 Å². The molecular formula is C9H8N. The maximum absolute atomic E-state index is 3.20. The summed E-state index contributed by atoms with van der Waals surface area (Å²) in [4.78, 5) is 2.11. The van der Waals surface area contributed by atoms with Gasteiger partial charge in [0.2, 0.25) is 0 Å². The van der Waals surface area contributed by atoms with Gasteiger partial charge in [-0.15, -0.1) is 0 Å². The Balaban J connectivity index is 2.28. The normalized spacial score (nSPS) is 21.8. The lowest BCUT2D eigenvalue weighted by molar-refractivity contribution is 0.467. The van der Waals surface area contributed by atoms with E-state index in [1.165, 1.54) is 0 Å². The number of fused-ring (bicyclic) bond motifs is 1. The summed E-state index contributed by atoms with van der Waals surface area (Å²) in [6.07, 6.45) is 17.4. The van der Waals surface area contributed by atoms with Crippen LogP contribution in [0.4, 0.5) is 0 Å². The van der Waals surface area contributed by atoms with Crippen LogP contribution in [0.2, 0.25) is 0 Å². The molecule has 1 unspecified atom stereocenters. The lowest BCUT2D eigenvalue weighted by Crippen LogP contribution is -2.25. The largest absolute Gasteiger partial charge is 0.343 e. The van der Waals surface area contributed by atoms with Crippen LogP contribution in [0.1, 0.15) is 0 Å². The number of hydrogen-bond donors (Lipinski definition) is 0. The molecule has 0 saturated heterocycles. The fourth-order valence-corrected chi connectivity index (χ4v) is 1.09. The van der Waals surface area contributed by atoms with Crippen LogP contribution < -0.4 is 0 Å². The van der Waals surface area contributed by atoms with Crippen molar-refractivity contribution in [2.75, 3.05) is 0 Å². The molecule has 1 radical (unpaired) electrons. The Morgan fingerprint density at radius 1 is 1.10 bits per heavy atom. The molecule has 1 heteroatoms. The van der Waals surface area contributed by atoms with E-state index in [1.807, 2.05) is 36.7 Å². The van der Waals surface area contributed by atoms with Gasteiger partial charge in [0.05, 0.1) is 6.04 Å². The Bertz CT molecular complexity index is 183. The molecular weight excluding hydrogens is 122 g/mol. The van der Waals surface area contributed by atoms with E-state index in [1.54, 1.807) is 0 Å². The first-order valence-corrected chi connectivity index (χ1v) is 3.35. The SMILES string of the molecule is [C]1=CC=CN2C=CC=CC12. The van der Waals surface area contributed by atoms with Gasteiger partial charge in [0.1, 0.15) is 0 Å². The molecule has 49 valence electrons. The minimum atomic E-state index is 0.329. The summed E-state index contributed by atoms with van der Waals surface area (Å²) in [6, 6.07) is 0.329. The first-order chi connectivity index (χ1) is 4.97. The van der Waals surface area contributed by atoms with E-state index < -0.39 is 0 Å². The summed E-state index contributed by atoms with van der Waals surface area (Å²) >= 11 is 0. The van der Waals surface area contributed by atoms with E-state index in [4.69, 9.17) is 0 Å². The second kappa shape index (κ2) is 2.18. The van der Waals surface area contributed by atoms with Crippen molar-refractivity contribution in [3.05, 3.63) is 48.9 Å². The van der Waals surface area contributed by atoms with Gasteiger partial charge in [-0.1, -0.05) is 18.2 Å². The molecule has 0 amide bonds. The summed E-state index contributed by atoms with van der Waals surface area (Å²) in [5.74, 6) is 0. The van der Waals surface area contributed by atoms with Crippen LogP contribution in [-0.4, -0.2) is 10.9 Å². The van der Waals surface area contributed by atoms with Crippen LogP contribution in [0, 0.1) is 6.08 Å². The van der Waals surface area contributed by atoms with Crippen LogP contribution in [0.15, 0.2) is 42.8 Å². The molecule has 1 atom stereocenters. The van der Waals surface area contributed by atoms with Crippen LogP contribution in [-0.2, 0) is 0 Å². The molecule has 1 nitrogen and oxygen atoms in total. The smallest absolute Gasteiger partial charge is 0.0770 e. The van der Waals surface area contributed by atoms with Gasteiger partial charge < -0.3 is 4.90 Å². The average molecular weight is 130 g/mol. The van der Waals surface area contributed by atoms with Crippen LogP contribution >= 0.6 is 0 Å². The fourth-order valence-electron chi connectivity index (χ4n) is 1.09. The molecule has 2 rings (SSSR count). The van der Waals surface area contributed by atoms with Crippen molar-refractivity contribution in [2.45, 2.75) is 6.04 Å². The number of nitrogens with zero attached hydrogens (tertiary/aromatic N) is 1. The van der Waals surface area contributed by atoms with Crippen LogP contribution in [0.3, 0.4) is 0 Å². The molecule has 10 heavy (non-hydrogen) atoms. The Labute approximate surface area is 60.6 Å². The predicted molar refractivity (Wildman–Crippen MR) is 40.9 cm³/mol. The van der Waals surface area contributed by atoms with Gasteiger partial charge in [0.15, 0.2) is 0 Å². The number of rotatable bonds is 0. The third-order valence-corrected chi connectivity index (χ3v) is 1.61. The predicted octanol–water partition coefficient (Wildman–Crippen LogP) is 1.63. The van der Waals surface area contributed by atoms with Crippen molar-refractivity contribution in [1.82, 2.24) is 4.90 Å². The highest BCUT2D eigenvalue weighted by Crippen LogP contribution is 2.12. The van der Waals surface area contributed by atoms with Gasteiger partial charge in [-0.3, -0.25) is 0 Å². The Morgan fingerprint density at radius 2 is 2.00 bits per heavy atom. The zero-order valence-electron chi connectivity index (χ0n) is 5.57. The molecule has 0 aromatic heterocycles. The minimum Gasteiger partial charge on any atom is -0.343 e.